The van der Waals surface area contributed by atoms with Gasteiger partial charge in [-0.15, -0.1) is 0 Å². The molecule has 148 valence electrons. The largest absolute Gasteiger partial charge is 0.465 e. The Balaban J connectivity index is 1.59. The lowest BCUT2D eigenvalue weighted by molar-refractivity contribution is 0.0416. The summed E-state index contributed by atoms with van der Waals surface area (Å²) in [6, 6.07) is 16.7. The van der Waals surface area contributed by atoms with Crippen LogP contribution in [-0.2, 0) is 11.3 Å². The molecule has 6 nitrogen and oxygen atoms in total. The molecule has 1 aliphatic heterocycles. The lowest BCUT2D eigenvalue weighted by Gasteiger charge is -2.43. The Morgan fingerprint density at radius 3 is 2.14 bits per heavy atom. The Morgan fingerprint density at radius 1 is 0.964 bits per heavy atom. The number of carbonyl (C=O) groups excluding carboxylic acids is 2. The van der Waals surface area contributed by atoms with Crippen molar-refractivity contribution in [2.24, 2.45) is 0 Å². The number of amides is 1. The minimum absolute atomic E-state index is 0.0364. The smallest absolute Gasteiger partial charge is 0.415 e. The molecule has 1 heterocycles. The van der Waals surface area contributed by atoms with Gasteiger partial charge < -0.3 is 9.47 Å². The molecule has 0 saturated carbocycles. The second-order valence-corrected chi connectivity index (χ2v) is 7.17. The lowest BCUT2D eigenvalue weighted by atomic mass is 10.1. The molecule has 0 aromatic heterocycles. The molecule has 1 fully saturated rings. The van der Waals surface area contributed by atoms with E-state index in [9.17, 15) is 9.59 Å². The van der Waals surface area contributed by atoms with Crippen LogP contribution in [0.25, 0.3) is 0 Å². The van der Waals surface area contributed by atoms with Crippen LogP contribution in [0.15, 0.2) is 54.6 Å². The van der Waals surface area contributed by atoms with Crippen molar-refractivity contribution in [3.63, 3.8) is 0 Å². The number of ether oxygens (including phenoxy) is 2. The van der Waals surface area contributed by atoms with E-state index in [2.05, 4.69) is 4.90 Å². The van der Waals surface area contributed by atoms with Crippen LogP contribution in [0.4, 0.5) is 4.79 Å². The van der Waals surface area contributed by atoms with Crippen LogP contribution in [0.1, 0.15) is 29.8 Å². The van der Waals surface area contributed by atoms with Crippen LogP contribution in [0.2, 0.25) is 0 Å². The molecule has 28 heavy (non-hydrogen) atoms. The minimum Gasteiger partial charge on any atom is -0.465 e. The van der Waals surface area contributed by atoms with Crippen LogP contribution in [0, 0.1) is 0 Å². The number of esters is 1. The van der Waals surface area contributed by atoms with Gasteiger partial charge in [0.05, 0.1) is 12.7 Å². The highest BCUT2D eigenvalue weighted by Crippen LogP contribution is 2.21. The first-order valence-corrected chi connectivity index (χ1v) is 9.42. The number of nitrogens with zero attached hydrogens (tertiary/aromatic N) is 2. The van der Waals surface area contributed by atoms with Crippen LogP contribution >= 0.6 is 0 Å². The first-order chi connectivity index (χ1) is 13.5. The number of benzene rings is 2. The van der Waals surface area contributed by atoms with Gasteiger partial charge in [-0.2, -0.15) is 0 Å². The zero-order chi connectivity index (χ0) is 20.1. The fourth-order valence-corrected chi connectivity index (χ4v) is 3.69. The Labute approximate surface area is 165 Å². The molecular weight excluding hydrogens is 356 g/mol. The SMILES string of the molecule is COC(=O)c1ccc(CN2C[C@@H](C)N(C(=O)Oc3ccccc3)[C@@H](C)C2)cc1. The standard InChI is InChI=1S/C22H26N2O4/c1-16-13-23(15-18-9-11-19(12-10-18)21(25)27-3)14-17(2)24(16)22(26)28-20-7-5-4-6-8-20/h4-12,16-17H,13-15H2,1-3H3/t16-,17+. The molecule has 0 unspecified atom stereocenters. The summed E-state index contributed by atoms with van der Waals surface area (Å²) in [4.78, 5) is 28.3. The summed E-state index contributed by atoms with van der Waals surface area (Å²) in [7, 11) is 1.38. The van der Waals surface area contributed by atoms with Gasteiger partial charge in [-0.25, -0.2) is 9.59 Å². The van der Waals surface area contributed by atoms with E-state index in [4.69, 9.17) is 9.47 Å². The summed E-state index contributed by atoms with van der Waals surface area (Å²) in [5.41, 5.74) is 1.66. The maximum atomic E-state index is 12.6. The molecule has 0 bridgehead atoms. The van der Waals surface area contributed by atoms with Gasteiger partial charge >= 0.3 is 12.1 Å². The highest BCUT2D eigenvalue weighted by atomic mass is 16.6. The molecule has 1 aliphatic rings. The van der Waals surface area contributed by atoms with E-state index in [1.165, 1.54) is 7.11 Å². The van der Waals surface area contributed by atoms with Gasteiger partial charge in [-0.3, -0.25) is 9.80 Å². The molecule has 1 amide bonds. The van der Waals surface area contributed by atoms with E-state index >= 15 is 0 Å². The number of carbonyl (C=O) groups is 2. The first kappa shape index (κ1) is 19.9. The molecular formula is C22H26N2O4. The van der Waals surface area contributed by atoms with Crippen LogP contribution in [-0.4, -0.2) is 54.1 Å². The summed E-state index contributed by atoms with van der Waals surface area (Å²) < 4.78 is 10.3. The lowest BCUT2D eigenvalue weighted by Crippen LogP contribution is -2.58. The molecule has 3 rings (SSSR count). The Bertz CT molecular complexity index is 795. The van der Waals surface area contributed by atoms with Crippen molar-refractivity contribution < 1.29 is 19.1 Å². The number of hydrogen-bond donors (Lipinski definition) is 0. The van der Waals surface area contributed by atoms with E-state index < -0.39 is 0 Å². The molecule has 2 aromatic carbocycles. The summed E-state index contributed by atoms with van der Waals surface area (Å²) in [6.07, 6.45) is -0.312. The van der Waals surface area contributed by atoms with Crippen molar-refractivity contribution in [3.05, 3.63) is 65.7 Å². The summed E-state index contributed by atoms with van der Waals surface area (Å²) >= 11 is 0. The molecule has 2 aromatic rings. The van der Waals surface area contributed by atoms with Gasteiger partial charge in [0.1, 0.15) is 5.75 Å². The molecule has 6 heteroatoms. The quantitative estimate of drug-likeness (QED) is 0.757. The fraction of sp³-hybridized carbons (Fsp3) is 0.364. The molecule has 1 saturated heterocycles. The predicted molar refractivity (Wildman–Crippen MR) is 106 cm³/mol. The number of methoxy groups -OCH3 is 1. The van der Waals surface area contributed by atoms with Crippen molar-refractivity contribution >= 4 is 12.1 Å². The van der Waals surface area contributed by atoms with E-state index in [-0.39, 0.29) is 24.1 Å². The van der Waals surface area contributed by atoms with Gasteiger partial charge in [0.25, 0.3) is 0 Å². The van der Waals surface area contributed by atoms with Crippen LogP contribution < -0.4 is 4.74 Å². The van der Waals surface area contributed by atoms with Gasteiger partial charge in [-0.05, 0) is 43.7 Å². The predicted octanol–water partition coefficient (Wildman–Crippen LogP) is 3.57. The second-order valence-electron chi connectivity index (χ2n) is 7.17. The molecule has 2 atom stereocenters. The molecule has 0 N–H and O–H groups in total. The van der Waals surface area contributed by atoms with E-state index in [1.807, 2.05) is 49.1 Å². The third-order valence-corrected chi connectivity index (χ3v) is 4.93. The number of piperazine rings is 1. The van der Waals surface area contributed by atoms with Crippen LogP contribution in [0.5, 0.6) is 5.75 Å². The average molecular weight is 382 g/mol. The van der Waals surface area contributed by atoms with E-state index in [0.717, 1.165) is 25.2 Å². The zero-order valence-electron chi connectivity index (χ0n) is 16.5. The highest BCUT2D eigenvalue weighted by Gasteiger charge is 2.34. The number of hydrogen-bond acceptors (Lipinski definition) is 5. The van der Waals surface area contributed by atoms with Gasteiger partial charge in [0, 0.05) is 31.7 Å². The van der Waals surface area contributed by atoms with Gasteiger partial charge in [0.15, 0.2) is 0 Å². The number of rotatable bonds is 4. The van der Waals surface area contributed by atoms with Crippen molar-refractivity contribution in [3.8, 4) is 5.75 Å². The minimum atomic E-state index is -0.334. The molecule has 0 radical (unpaired) electrons. The summed E-state index contributed by atoms with van der Waals surface area (Å²) in [5.74, 6) is 0.222. The second kappa shape index (κ2) is 8.89. The Morgan fingerprint density at radius 2 is 1.57 bits per heavy atom. The van der Waals surface area contributed by atoms with Crippen molar-refractivity contribution in [1.82, 2.24) is 9.80 Å². The maximum Gasteiger partial charge on any atom is 0.415 e. The average Bonchev–Trinajstić information content (AvgIpc) is 2.68. The van der Waals surface area contributed by atoms with Crippen molar-refractivity contribution in [2.75, 3.05) is 20.2 Å². The highest BCUT2D eigenvalue weighted by molar-refractivity contribution is 5.89. The Kier molecular flexibility index (Phi) is 6.31. The van der Waals surface area contributed by atoms with Crippen molar-refractivity contribution in [2.45, 2.75) is 32.5 Å². The van der Waals surface area contributed by atoms with E-state index in [1.54, 1.807) is 24.3 Å². The third-order valence-electron chi connectivity index (χ3n) is 4.93. The third kappa shape index (κ3) is 4.70. The molecule has 0 aliphatic carbocycles. The normalized spacial score (nSPS) is 19.9. The van der Waals surface area contributed by atoms with Crippen molar-refractivity contribution in [1.29, 1.82) is 0 Å². The monoisotopic (exact) mass is 382 g/mol. The maximum absolute atomic E-state index is 12.6. The summed E-state index contributed by atoms with van der Waals surface area (Å²) in [5, 5.41) is 0. The summed E-state index contributed by atoms with van der Waals surface area (Å²) in [6.45, 7) is 6.35. The van der Waals surface area contributed by atoms with E-state index in [0.29, 0.717) is 11.3 Å². The fourth-order valence-electron chi connectivity index (χ4n) is 3.69. The molecule has 0 spiro atoms. The number of para-hydroxylation sites is 1. The van der Waals surface area contributed by atoms with Crippen LogP contribution in [0.3, 0.4) is 0 Å². The topological polar surface area (TPSA) is 59.1 Å². The Hall–Kier alpha value is -2.86. The zero-order valence-corrected chi connectivity index (χ0v) is 16.5. The first-order valence-electron chi connectivity index (χ1n) is 9.42. The van der Waals surface area contributed by atoms with Gasteiger partial charge in [0.2, 0.25) is 0 Å². The van der Waals surface area contributed by atoms with Gasteiger partial charge in [-0.1, -0.05) is 30.3 Å².